The van der Waals surface area contributed by atoms with Gasteiger partial charge in [-0.05, 0) is 24.1 Å². The highest BCUT2D eigenvalue weighted by molar-refractivity contribution is 5.77. The van der Waals surface area contributed by atoms with Crippen LogP contribution < -0.4 is 4.74 Å². The number of carbonyl (C=O) groups is 2. The molecule has 9 heteroatoms. The maximum atomic E-state index is 12.8. The van der Waals surface area contributed by atoms with Gasteiger partial charge in [-0.15, -0.1) is 5.10 Å². The highest BCUT2D eigenvalue weighted by Gasteiger charge is 2.25. The zero-order valence-corrected chi connectivity index (χ0v) is 18.0. The van der Waals surface area contributed by atoms with E-state index in [0.717, 1.165) is 22.7 Å². The van der Waals surface area contributed by atoms with Gasteiger partial charge in [0.25, 0.3) is 0 Å². The van der Waals surface area contributed by atoms with Gasteiger partial charge in [-0.3, -0.25) is 9.59 Å². The fourth-order valence-corrected chi connectivity index (χ4v) is 4.04. The third-order valence-corrected chi connectivity index (χ3v) is 5.89. The molecule has 31 heavy (non-hydrogen) atoms. The van der Waals surface area contributed by atoms with Gasteiger partial charge in [0.1, 0.15) is 5.75 Å². The van der Waals surface area contributed by atoms with Crippen molar-refractivity contribution in [2.24, 2.45) is 0 Å². The number of rotatable bonds is 7. The van der Waals surface area contributed by atoms with E-state index in [1.165, 1.54) is 0 Å². The van der Waals surface area contributed by atoms with Crippen LogP contribution >= 0.6 is 0 Å². The van der Waals surface area contributed by atoms with Crippen LogP contribution in [0.25, 0.3) is 0 Å². The van der Waals surface area contributed by atoms with E-state index in [1.807, 2.05) is 38.7 Å². The second-order valence-corrected chi connectivity index (χ2v) is 7.87. The van der Waals surface area contributed by atoms with Crippen molar-refractivity contribution < 1.29 is 19.1 Å². The lowest BCUT2D eigenvalue weighted by atomic mass is 10.1. The first-order chi connectivity index (χ1) is 15.1. The summed E-state index contributed by atoms with van der Waals surface area (Å²) in [6, 6.07) is 7.81. The molecular formula is C22H29N5O4. The van der Waals surface area contributed by atoms with Gasteiger partial charge in [0.05, 0.1) is 44.8 Å². The Morgan fingerprint density at radius 2 is 1.81 bits per heavy atom. The Labute approximate surface area is 181 Å². The summed E-state index contributed by atoms with van der Waals surface area (Å²) in [4.78, 5) is 29.0. The predicted molar refractivity (Wildman–Crippen MR) is 112 cm³/mol. The summed E-state index contributed by atoms with van der Waals surface area (Å²) in [7, 11) is 1.64. The molecule has 9 nitrogen and oxygen atoms in total. The standard InChI is InChI=1S/C22H29N5O4/c1-30-18-4-2-3-17(15-18)5-7-22(29)26-9-10-27-20(16-26)19(23-24-27)6-8-21(28)25-11-13-31-14-12-25/h2-4,15H,5-14,16H2,1H3. The number of fused-ring (bicyclic) bond motifs is 1. The lowest BCUT2D eigenvalue weighted by Gasteiger charge is -2.28. The van der Waals surface area contributed by atoms with Crippen molar-refractivity contribution in [1.29, 1.82) is 0 Å². The third-order valence-electron chi connectivity index (χ3n) is 5.89. The highest BCUT2D eigenvalue weighted by Crippen LogP contribution is 2.19. The maximum Gasteiger partial charge on any atom is 0.223 e. The number of amides is 2. The number of methoxy groups -OCH3 is 1. The molecule has 1 fully saturated rings. The van der Waals surface area contributed by atoms with Gasteiger partial charge in [0.15, 0.2) is 0 Å². The minimum Gasteiger partial charge on any atom is -0.497 e. The Hall–Kier alpha value is -2.94. The summed E-state index contributed by atoms with van der Waals surface area (Å²) in [5.74, 6) is 1.03. The first kappa shape index (κ1) is 21.3. The lowest BCUT2D eigenvalue weighted by molar-refractivity contribution is -0.135. The fraction of sp³-hybridized carbons (Fsp3) is 0.545. The van der Waals surface area contributed by atoms with Crippen LogP contribution in [0.15, 0.2) is 24.3 Å². The van der Waals surface area contributed by atoms with Crippen molar-refractivity contribution in [3.8, 4) is 5.75 Å². The second-order valence-electron chi connectivity index (χ2n) is 7.87. The van der Waals surface area contributed by atoms with Gasteiger partial charge in [-0.25, -0.2) is 4.68 Å². The van der Waals surface area contributed by atoms with Crippen LogP contribution in [0.1, 0.15) is 29.8 Å². The van der Waals surface area contributed by atoms with Crippen LogP contribution in [0.4, 0.5) is 0 Å². The topological polar surface area (TPSA) is 89.8 Å². The molecular weight excluding hydrogens is 398 g/mol. The summed E-state index contributed by atoms with van der Waals surface area (Å²) in [6.07, 6.45) is 2.05. The molecule has 0 saturated carbocycles. The Morgan fingerprint density at radius 3 is 2.61 bits per heavy atom. The van der Waals surface area contributed by atoms with E-state index in [2.05, 4.69) is 10.3 Å². The number of hydrogen-bond acceptors (Lipinski definition) is 6. The Kier molecular flexibility index (Phi) is 6.81. The second kappa shape index (κ2) is 9.91. The molecule has 2 aliphatic heterocycles. The van der Waals surface area contributed by atoms with Crippen molar-refractivity contribution >= 4 is 11.8 Å². The molecule has 1 aromatic heterocycles. The van der Waals surface area contributed by atoms with Gasteiger partial charge in [-0.1, -0.05) is 17.3 Å². The van der Waals surface area contributed by atoms with E-state index < -0.39 is 0 Å². The van der Waals surface area contributed by atoms with Gasteiger partial charge in [-0.2, -0.15) is 0 Å². The molecule has 0 unspecified atom stereocenters. The first-order valence-electron chi connectivity index (χ1n) is 10.8. The zero-order valence-electron chi connectivity index (χ0n) is 18.0. The fourth-order valence-electron chi connectivity index (χ4n) is 4.04. The summed E-state index contributed by atoms with van der Waals surface area (Å²) < 4.78 is 12.4. The van der Waals surface area contributed by atoms with E-state index in [1.54, 1.807) is 7.11 Å². The van der Waals surface area contributed by atoms with Crippen molar-refractivity contribution in [2.45, 2.75) is 38.8 Å². The summed E-state index contributed by atoms with van der Waals surface area (Å²) >= 11 is 0. The number of carbonyl (C=O) groups excluding carboxylic acids is 2. The molecule has 0 atom stereocenters. The van der Waals surface area contributed by atoms with E-state index in [-0.39, 0.29) is 11.8 Å². The van der Waals surface area contributed by atoms with Crippen molar-refractivity contribution in [2.75, 3.05) is 40.0 Å². The van der Waals surface area contributed by atoms with Crippen molar-refractivity contribution in [3.63, 3.8) is 0 Å². The van der Waals surface area contributed by atoms with E-state index >= 15 is 0 Å². The van der Waals surface area contributed by atoms with Crippen LogP contribution in [0.5, 0.6) is 5.75 Å². The molecule has 2 aromatic rings. The number of aryl methyl sites for hydroxylation is 2. The Bertz CT molecular complexity index is 922. The number of ether oxygens (including phenoxy) is 2. The molecule has 3 heterocycles. The predicted octanol–water partition coefficient (Wildman–Crippen LogP) is 1.05. The normalized spacial score (nSPS) is 16.2. The number of aromatic nitrogens is 3. The molecule has 4 rings (SSSR count). The summed E-state index contributed by atoms with van der Waals surface area (Å²) in [6.45, 7) is 4.23. The minimum atomic E-state index is 0.116. The van der Waals surface area contributed by atoms with E-state index in [0.29, 0.717) is 71.6 Å². The number of morpholine rings is 1. The van der Waals surface area contributed by atoms with E-state index in [9.17, 15) is 9.59 Å². The van der Waals surface area contributed by atoms with Crippen molar-refractivity contribution in [3.05, 3.63) is 41.2 Å². The summed E-state index contributed by atoms with van der Waals surface area (Å²) in [5, 5.41) is 8.51. The minimum absolute atomic E-state index is 0.116. The number of nitrogens with zero attached hydrogens (tertiary/aromatic N) is 5. The molecule has 0 radical (unpaired) electrons. The third kappa shape index (κ3) is 5.22. The Balaban J connectivity index is 1.31. The zero-order chi connectivity index (χ0) is 21.6. The van der Waals surface area contributed by atoms with E-state index in [4.69, 9.17) is 9.47 Å². The van der Waals surface area contributed by atoms with Crippen LogP contribution in [0.2, 0.25) is 0 Å². The SMILES string of the molecule is COc1cccc(CCC(=O)N2CCn3nnc(CCC(=O)N4CCOCC4)c3C2)c1. The van der Waals surface area contributed by atoms with Crippen LogP contribution in [0.3, 0.4) is 0 Å². The lowest BCUT2D eigenvalue weighted by Crippen LogP contribution is -2.41. The van der Waals surface area contributed by atoms with Gasteiger partial charge < -0.3 is 19.3 Å². The highest BCUT2D eigenvalue weighted by atomic mass is 16.5. The molecule has 0 N–H and O–H groups in total. The number of hydrogen-bond donors (Lipinski definition) is 0. The van der Waals surface area contributed by atoms with Gasteiger partial charge in [0, 0.05) is 38.9 Å². The molecule has 2 aliphatic rings. The van der Waals surface area contributed by atoms with Crippen molar-refractivity contribution in [1.82, 2.24) is 24.8 Å². The van der Waals surface area contributed by atoms with Gasteiger partial charge >= 0.3 is 0 Å². The average Bonchev–Trinajstić information content (AvgIpc) is 3.24. The molecule has 166 valence electrons. The molecule has 0 aliphatic carbocycles. The summed E-state index contributed by atoms with van der Waals surface area (Å²) in [5.41, 5.74) is 2.83. The van der Waals surface area contributed by atoms with Crippen LogP contribution in [-0.2, 0) is 40.3 Å². The average molecular weight is 428 g/mol. The smallest absolute Gasteiger partial charge is 0.223 e. The van der Waals surface area contributed by atoms with Crippen LogP contribution in [-0.4, -0.2) is 76.6 Å². The molecule has 0 spiro atoms. The Morgan fingerprint density at radius 1 is 1.03 bits per heavy atom. The first-order valence-corrected chi connectivity index (χ1v) is 10.8. The molecule has 1 saturated heterocycles. The van der Waals surface area contributed by atoms with Crippen LogP contribution in [0, 0.1) is 0 Å². The largest absolute Gasteiger partial charge is 0.497 e. The molecule has 2 amide bonds. The molecule has 0 bridgehead atoms. The monoisotopic (exact) mass is 427 g/mol. The quantitative estimate of drug-likeness (QED) is 0.656. The maximum absolute atomic E-state index is 12.8. The molecule has 1 aromatic carbocycles. The van der Waals surface area contributed by atoms with Gasteiger partial charge in [0.2, 0.25) is 11.8 Å². The number of benzene rings is 1.